The minimum Gasteiger partial charge on any atom is -0.492 e. The fourth-order valence-electron chi connectivity index (χ4n) is 1.83. The van der Waals surface area contributed by atoms with E-state index in [9.17, 15) is 0 Å². The first-order valence-corrected chi connectivity index (χ1v) is 6.80. The molecule has 1 atom stereocenters. The second-order valence-electron chi connectivity index (χ2n) is 4.39. The average Bonchev–Trinajstić information content (AvgIpc) is 2.45. The van der Waals surface area contributed by atoms with Crippen LogP contribution in [0.3, 0.4) is 0 Å². The quantitative estimate of drug-likeness (QED) is 0.803. The van der Waals surface area contributed by atoms with Gasteiger partial charge in [-0.25, -0.2) is 0 Å². The Morgan fingerprint density at radius 3 is 2.42 bits per heavy atom. The van der Waals surface area contributed by atoms with Gasteiger partial charge in [-0.3, -0.25) is 0 Å². The number of hydrogen-bond acceptors (Lipinski definition) is 2. The first-order chi connectivity index (χ1) is 9.25. The van der Waals surface area contributed by atoms with Crippen molar-refractivity contribution < 1.29 is 4.74 Å². The summed E-state index contributed by atoms with van der Waals surface area (Å²) in [5.74, 6) is 0.906. The molecule has 2 rings (SSSR count). The summed E-state index contributed by atoms with van der Waals surface area (Å²) in [6.45, 7) is 3.59. The molecule has 0 aliphatic rings. The first-order valence-electron chi connectivity index (χ1n) is 6.42. The van der Waals surface area contributed by atoms with Crippen molar-refractivity contribution in [3.63, 3.8) is 0 Å². The number of rotatable bonds is 6. The van der Waals surface area contributed by atoms with Crippen molar-refractivity contribution in [1.29, 1.82) is 0 Å². The molecule has 2 aromatic carbocycles. The van der Waals surface area contributed by atoms with E-state index in [0.29, 0.717) is 6.61 Å². The Labute approximate surface area is 119 Å². The van der Waals surface area contributed by atoms with Crippen LogP contribution in [0.5, 0.6) is 5.75 Å². The molecule has 0 aliphatic heterocycles. The van der Waals surface area contributed by atoms with Crippen LogP contribution in [-0.2, 0) is 0 Å². The van der Waals surface area contributed by atoms with E-state index in [-0.39, 0.29) is 6.04 Å². The highest BCUT2D eigenvalue weighted by molar-refractivity contribution is 6.30. The summed E-state index contributed by atoms with van der Waals surface area (Å²) in [5, 5.41) is 4.19. The number of nitrogens with one attached hydrogen (secondary N) is 1. The molecule has 0 saturated heterocycles. The highest BCUT2D eigenvalue weighted by Gasteiger charge is 2.03. The lowest BCUT2D eigenvalue weighted by Crippen LogP contribution is -2.24. The van der Waals surface area contributed by atoms with Crippen molar-refractivity contribution >= 4 is 11.6 Å². The molecule has 0 radical (unpaired) electrons. The van der Waals surface area contributed by atoms with Crippen molar-refractivity contribution in [3.05, 3.63) is 65.2 Å². The lowest BCUT2D eigenvalue weighted by molar-refractivity contribution is 0.307. The highest BCUT2D eigenvalue weighted by Crippen LogP contribution is 2.15. The van der Waals surface area contributed by atoms with Gasteiger partial charge < -0.3 is 10.1 Å². The van der Waals surface area contributed by atoms with Crippen molar-refractivity contribution in [3.8, 4) is 5.75 Å². The number of para-hydroxylation sites is 1. The monoisotopic (exact) mass is 275 g/mol. The van der Waals surface area contributed by atoms with E-state index >= 15 is 0 Å². The van der Waals surface area contributed by atoms with E-state index in [0.717, 1.165) is 17.3 Å². The summed E-state index contributed by atoms with van der Waals surface area (Å²) in [6, 6.07) is 18.0. The molecule has 0 unspecified atom stereocenters. The fourth-order valence-corrected chi connectivity index (χ4v) is 1.96. The van der Waals surface area contributed by atoms with Gasteiger partial charge in [0.05, 0.1) is 0 Å². The zero-order valence-corrected chi connectivity index (χ0v) is 11.7. The second kappa shape index (κ2) is 7.17. The van der Waals surface area contributed by atoms with E-state index in [2.05, 4.69) is 12.2 Å². The third-order valence-corrected chi connectivity index (χ3v) is 3.19. The molecule has 2 nitrogen and oxygen atoms in total. The molecular formula is C16H18ClNO. The van der Waals surface area contributed by atoms with Gasteiger partial charge in [0, 0.05) is 17.6 Å². The van der Waals surface area contributed by atoms with E-state index in [1.165, 1.54) is 5.56 Å². The Kier molecular flexibility index (Phi) is 5.25. The predicted molar refractivity (Wildman–Crippen MR) is 79.8 cm³/mol. The molecule has 3 heteroatoms. The van der Waals surface area contributed by atoms with Crippen molar-refractivity contribution in [2.45, 2.75) is 13.0 Å². The van der Waals surface area contributed by atoms with Crippen LogP contribution in [0.2, 0.25) is 5.02 Å². The maximum atomic E-state index is 5.87. The van der Waals surface area contributed by atoms with Crippen LogP contribution < -0.4 is 10.1 Å². The molecule has 0 spiro atoms. The van der Waals surface area contributed by atoms with Gasteiger partial charge in [0.1, 0.15) is 12.4 Å². The molecule has 19 heavy (non-hydrogen) atoms. The summed E-state index contributed by atoms with van der Waals surface area (Å²) in [5.41, 5.74) is 1.23. The minimum absolute atomic E-state index is 0.289. The molecular weight excluding hydrogens is 258 g/mol. The van der Waals surface area contributed by atoms with Crippen LogP contribution in [0.25, 0.3) is 0 Å². The molecule has 0 bridgehead atoms. The van der Waals surface area contributed by atoms with Crippen LogP contribution in [0, 0.1) is 0 Å². The highest BCUT2D eigenvalue weighted by atomic mass is 35.5. The zero-order valence-electron chi connectivity index (χ0n) is 11.0. The van der Waals surface area contributed by atoms with Gasteiger partial charge in [-0.1, -0.05) is 41.9 Å². The lowest BCUT2D eigenvalue weighted by Gasteiger charge is -2.14. The maximum absolute atomic E-state index is 5.87. The SMILES string of the molecule is C[C@@H](NCCOc1ccccc1)c1ccc(Cl)cc1. The minimum atomic E-state index is 0.289. The number of halogens is 1. The van der Waals surface area contributed by atoms with Crippen LogP contribution in [0.15, 0.2) is 54.6 Å². The molecule has 0 fully saturated rings. The van der Waals surface area contributed by atoms with Gasteiger partial charge in [-0.05, 0) is 36.8 Å². The molecule has 0 aromatic heterocycles. The molecule has 1 N–H and O–H groups in total. The summed E-state index contributed by atoms with van der Waals surface area (Å²) in [7, 11) is 0. The van der Waals surface area contributed by atoms with E-state index in [1.54, 1.807) is 0 Å². The average molecular weight is 276 g/mol. The van der Waals surface area contributed by atoms with Crippen LogP contribution in [0.1, 0.15) is 18.5 Å². The topological polar surface area (TPSA) is 21.3 Å². The molecule has 2 aromatic rings. The van der Waals surface area contributed by atoms with Gasteiger partial charge in [-0.2, -0.15) is 0 Å². The number of hydrogen-bond donors (Lipinski definition) is 1. The summed E-state index contributed by atoms with van der Waals surface area (Å²) in [6.07, 6.45) is 0. The summed E-state index contributed by atoms with van der Waals surface area (Å²) < 4.78 is 5.63. The third-order valence-electron chi connectivity index (χ3n) is 2.93. The van der Waals surface area contributed by atoms with Crippen molar-refractivity contribution in [2.75, 3.05) is 13.2 Å². The van der Waals surface area contributed by atoms with Gasteiger partial charge in [0.25, 0.3) is 0 Å². The molecule has 0 heterocycles. The predicted octanol–water partition coefficient (Wildman–Crippen LogP) is 4.07. The summed E-state index contributed by atoms with van der Waals surface area (Å²) in [4.78, 5) is 0. The Morgan fingerprint density at radius 2 is 1.74 bits per heavy atom. The molecule has 100 valence electrons. The van der Waals surface area contributed by atoms with E-state index < -0.39 is 0 Å². The van der Waals surface area contributed by atoms with E-state index in [1.807, 2.05) is 54.6 Å². The van der Waals surface area contributed by atoms with Crippen LogP contribution >= 0.6 is 11.6 Å². The standard InChI is InChI=1S/C16H18ClNO/c1-13(14-7-9-15(17)10-8-14)18-11-12-19-16-5-3-2-4-6-16/h2-10,13,18H,11-12H2,1H3/t13-/m1/s1. The Bertz CT molecular complexity index is 484. The fraction of sp³-hybridized carbons (Fsp3) is 0.250. The Balaban J connectivity index is 1.72. The second-order valence-corrected chi connectivity index (χ2v) is 4.83. The zero-order chi connectivity index (χ0) is 13.5. The Morgan fingerprint density at radius 1 is 1.05 bits per heavy atom. The third kappa shape index (κ3) is 4.58. The van der Waals surface area contributed by atoms with Gasteiger partial charge in [0.2, 0.25) is 0 Å². The largest absolute Gasteiger partial charge is 0.492 e. The van der Waals surface area contributed by atoms with Crippen LogP contribution in [0.4, 0.5) is 0 Å². The van der Waals surface area contributed by atoms with Crippen molar-refractivity contribution in [1.82, 2.24) is 5.32 Å². The maximum Gasteiger partial charge on any atom is 0.119 e. The molecule has 0 amide bonds. The normalized spacial score (nSPS) is 12.1. The smallest absolute Gasteiger partial charge is 0.119 e. The molecule has 0 saturated carbocycles. The molecule has 0 aliphatic carbocycles. The van der Waals surface area contributed by atoms with E-state index in [4.69, 9.17) is 16.3 Å². The van der Waals surface area contributed by atoms with Gasteiger partial charge >= 0.3 is 0 Å². The Hall–Kier alpha value is -1.51. The lowest BCUT2D eigenvalue weighted by atomic mass is 10.1. The van der Waals surface area contributed by atoms with Crippen LogP contribution in [-0.4, -0.2) is 13.2 Å². The summed E-state index contributed by atoms with van der Waals surface area (Å²) >= 11 is 5.87. The first kappa shape index (κ1) is 13.9. The van der Waals surface area contributed by atoms with Gasteiger partial charge in [-0.15, -0.1) is 0 Å². The number of benzene rings is 2. The number of ether oxygens (including phenoxy) is 1. The van der Waals surface area contributed by atoms with Gasteiger partial charge in [0.15, 0.2) is 0 Å². The van der Waals surface area contributed by atoms with Crippen molar-refractivity contribution in [2.24, 2.45) is 0 Å².